The first-order valence-electron chi connectivity index (χ1n) is 9.12. The molecular weight excluding hydrogens is 364 g/mol. The van der Waals surface area contributed by atoms with Crippen LogP contribution in [0, 0.1) is 0 Å². The van der Waals surface area contributed by atoms with Gasteiger partial charge in [-0.05, 0) is 61.8 Å². The summed E-state index contributed by atoms with van der Waals surface area (Å²) in [6.45, 7) is 2.62. The zero-order chi connectivity index (χ0) is 19.2. The summed E-state index contributed by atoms with van der Waals surface area (Å²) in [6, 6.07) is 13.3. The minimum Gasteiger partial charge on any atom is -0.497 e. The van der Waals surface area contributed by atoms with E-state index in [4.69, 9.17) is 21.1 Å². The van der Waals surface area contributed by atoms with Gasteiger partial charge in [0.2, 0.25) is 0 Å². The molecule has 1 saturated heterocycles. The highest BCUT2D eigenvalue weighted by molar-refractivity contribution is 6.32. The van der Waals surface area contributed by atoms with E-state index in [-0.39, 0.29) is 11.9 Å². The van der Waals surface area contributed by atoms with Gasteiger partial charge in [0.05, 0.1) is 25.3 Å². The maximum atomic E-state index is 12.6. The Labute approximate surface area is 165 Å². The van der Waals surface area contributed by atoms with Crippen molar-refractivity contribution in [3.8, 4) is 11.5 Å². The summed E-state index contributed by atoms with van der Waals surface area (Å²) < 4.78 is 10.4. The summed E-state index contributed by atoms with van der Waals surface area (Å²) in [7, 11) is 3.21. The molecular formula is C21H25ClN2O3. The van der Waals surface area contributed by atoms with E-state index in [0.717, 1.165) is 18.8 Å². The lowest BCUT2D eigenvalue weighted by Crippen LogP contribution is -2.36. The Morgan fingerprint density at radius 2 is 1.81 bits per heavy atom. The number of nitrogens with zero attached hydrogens (tertiary/aromatic N) is 1. The van der Waals surface area contributed by atoms with Gasteiger partial charge in [-0.2, -0.15) is 0 Å². The Hall–Kier alpha value is -2.24. The van der Waals surface area contributed by atoms with Crippen LogP contribution >= 0.6 is 11.6 Å². The molecule has 1 aliphatic rings. The molecule has 1 heterocycles. The van der Waals surface area contributed by atoms with E-state index in [1.165, 1.54) is 18.4 Å². The van der Waals surface area contributed by atoms with Gasteiger partial charge >= 0.3 is 0 Å². The second kappa shape index (κ2) is 9.11. The molecule has 0 unspecified atom stereocenters. The molecule has 1 aliphatic heterocycles. The number of likely N-dealkylation sites (tertiary alicyclic amines) is 1. The van der Waals surface area contributed by atoms with E-state index in [1.807, 2.05) is 12.1 Å². The lowest BCUT2D eigenvalue weighted by molar-refractivity contribution is 0.0938. The van der Waals surface area contributed by atoms with Crippen molar-refractivity contribution in [1.29, 1.82) is 0 Å². The third-order valence-electron chi connectivity index (χ3n) is 4.95. The monoisotopic (exact) mass is 388 g/mol. The number of ether oxygens (including phenoxy) is 2. The van der Waals surface area contributed by atoms with E-state index in [2.05, 4.69) is 22.3 Å². The first kappa shape index (κ1) is 19.5. The van der Waals surface area contributed by atoms with Crippen LogP contribution in [0.25, 0.3) is 0 Å². The zero-order valence-corrected chi connectivity index (χ0v) is 16.5. The Bertz CT molecular complexity index is 773. The second-order valence-electron chi connectivity index (χ2n) is 6.59. The average Bonchev–Trinajstić information content (AvgIpc) is 3.23. The van der Waals surface area contributed by atoms with Crippen LogP contribution in [0.2, 0.25) is 5.02 Å². The van der Waals surface area contributed by atoms with Crippen LogP contribution in [0.1, 0.15) is 34.8 Å². The number of carbonyl (C=O) groups is 1. The topological polar surface area (TPSA) is 50.8 Å². The number of hydrogen-bond donors (Lipinski definition) is 1. The van der Waals surface area contributed by atoms with Crippen molar-refractivity contribution in [2.24, 2.45) is 0 Å². The van der Waals surface area contributed by atoms with Crippen LogP contribution in [-0.4, -0.2) is 44.7 Å². The van der Waals surface area contributed by atoms with Crippen molar-refractivity contribution in [1.82, 2.24) is 10.2 Å². The molecule has 1 atom stereocenters. The molecule has 0 aliphatic carbocycles. The molecule has 0 radical (unpaired) electrons. The number of benzene rings is 2. The zero-order valence-electron chi connectivity index (χ0n) is 15.7. The van der Waals surface area contributed by atoms with Crippen LogP contribution in [-0.2, 0) is 0 Å². The fourth-order valence-electron chi connectivity index (χ4n) is 3.44. The van der Waals surface area contributed by atoms with Crippen molar-refractivity contribution in [2.75, 3.05) is 33.9 Å². The number of hydrogen-bond acceptors (Lipinski definition) is 4. The van der Waals surface area contributed by atoms with Crippen LogP contribution in [0.5, 0.6) is 11.5 Å². The number of nitrogens with one attached hydrogen (secondary N) is 1. The molecule has 1 fully saturated rings. The summed E-state index contributed by atoms with van der Waals surface area (Å²) in [4.78, 5) is 15.0. The van der Waals surface area contributed by atoms with Crippen molar-refractivity contribution in [2.45, 2.75) is 18.9 Å². The predicted octanol–water partition coefficient (Wildman–Crippen LogP) is 3.92. The predicted molar refractivity (Wildman–Crippen MR) is 107 cm³/mol. The van der Waals surface area contributed by atoms with Crippen LogP contribution in [0.15, 0.2) is 42.5 Å². The van der Waals surface area contributed by atoms with Gasteiger partial charge < -0.3 is 14.8 Å². The third-order valence-corrected chi connectivity index (χ3v) is 5.25. The Morgan fingerprint density at radius 3 is 2.41 bits per heavy atom. The second-order valence-corrected chi connectivity index (χ2v) is 7.00. The SMILES string of the molecule is COc1ccc([C@@H](CNC(=O)c2ccc(OC)c(Cl)c2)N2CCCC2)cc1. The van der Waals surface area contributed by atoms with E-state index in [9.17, 15) is 4.79 Å². The lowest BCUT2D eigenvalue weighted by atomic mass is 10.0. The summed E-state index contributed by atoms with van der Waals surface area (Å²) in [5, 5.41) is 3.48. The first-order chi connectivity index (χ1) is 13.1. The lowest BCUT2D eigenvalue weighted by Gasteiger charge is -2.28. The van der Waals surface area contributed by atoms with Crippen LogP contribution < -0.4 is 14.8 Å². The van der Waals surface area contributed by atoms with Gasteiger partial charge in [-0.15, -0.1) is 0 Å². The van der Waals surface area contributed by atoms with E-state index >= 15 is 0 Å². The Morgan fingerprint density at radius 1 is 1.11 bits per heavy atom. The van der Waals surface area contributed by atoms with Crippen molar-refractivity contribution >= 4 is 17.5 Å². The molecule has 144 valence electrons. The molecule has 0 aromatic heterocycles. The quantitative estimate of drug-likeness (QED) is 0.780. The summed E-state index contributed by atoms with van der Waals surface area (Å²) in [5.41, 5.74) is 1.70. The minimum atomic E-state index is -0.141. The molecule has 1 N–H and O–H groups in total. The van der Waals surface area contributed by atoms with E-state index in [0.29, 0.717) is 22.9 Å². The highest BCUT2D eigenvalue weighted by Crippen LogP contribution is 2.27. The van der Waals surface area contributed by atoms with Gasteiger partial charge in [-0.1, -0.05) is 23.7 Å². The van der Waals surface area contributed by atoms with Gasteiger partial charge in [0.25, 0.3) is 5.91 Å². The maximum Gasteiger partial charge on any atom is 0.251 e. The molecule has 0 bridgehead atoms. The number of carbonyl (C=O) groups excluding carboxylic acids is 1. The van der Waals surface area contributed by atoms with Gasteiger partial charge in [0, 0.05) is 12.1 Å². The highest BCUT2D eigenvalue weighted by atomic mass is 35.5. The smallest absolute Gasteiger partial charge is 0.251 e. The standard InChI is InChI=1S/C21H25ClN2O3/c1-26-17-8-5-15(6-9-17)19(24-11-3-4-12-24)14-23-21(25)16-7-10-20(27-2)18(22)13-16/h5-10,13,19H,3-4,11-12,14H2,1-2H3,(H,23,25)/t19-/m1/s1. The molecule has 5 nitrogen and oxygen atoms in total. The summed E-state index contributed by atoms with van der Waals surface area (Å²) >= 11 is 6.14. The normalized spacial score (nSPS) is 15.4. The number of halogens is 1. The van der Waals surface area contributed by atoms with Gasteiger partial charge in [0.1, 0.15) is 11.5 Å². The molecule has 0 spiro atoms. The largest absolute Gasteiger partial charge is 0.497 e. The fraction of sp³-hybridized carbons (Fsp3) is 0.381. The first-order valence-corrected chi connectivity index (χ1v) is 9.50. The maximum absolute atomic E-state index is 12.6. The van der Waals surface area contributed by atoms with Crippen molar-refractivity contribution in [3.63, 3.8) is 0 Å². The van der Waals surface area contributed by atoms with Gasteiger partial charge in [-0.25, -0.2) is 0 Å². The minimum absolute atomic E-state index is 0.135. The molecule has 1 amide bonds. The van der Waals surface area contributed by atoms with Crippen molar-refractivity contribution < 1.29 is 14.3 Å². The van der Waals surface area contributed by atoms with Gasteiger partial charge in [-0.3, -0.25) is 9.69 Å². The highest BCUT2D eigenvalue weighted by Gasteiger charge is 2.24. The van der Waals surface area contributed by atoms with Crippen LogP contribution in [0.4, 0.5) is 0 Å². The molecule has 2 aromatic carbocycles. The summed E-state index contributed by atoms with van der Waals surface area (Å²) in [5.74, 6) is 1.24. The Kier molecular flexibility index (Phi) is 6.58. The number of rotatable bonds is 7. The molecule has 0 saturated carbocycles. The third kappa shape index (κ3) is 4.73. The number of amides is 1. The molecule has 2 aromatic rings. The fourth-order valence-corrected chi connectivity index (χ4v) is 3.69. The molecule has 6 heteroatoms. The number of methoxy groups -OCH3 is 2. The van der Waals surface area contributed by atoms with E-state index in [1.54, 1.807) is 32.4 Å². The van der Waals surface area contributed by atoms with Crippen LogP contribution in [0.3, 0.4) is 0 Å². The summed E-state index contributed by atoms with van der Waals surface area (Å²) in [6.07, 6.45) is 2.38. The van der Waals surface area contributed by atoms with Gasteiger partial charge in [0.15, 0.2) is 0 Å². The molecule has 3 rings (SSSR count). The Balaban J connectivity index is 1.72. The average molecular weight is 389 g/mol. The molecule has 27 heavy (non-hydrogen) atoms. The van der Waals surface area contributed by atoms with E-state index < -0.39 is 0 Å². The van der Waals surface area contributed by atoms with Crippen molar-refractivity contribution in [3.05, 3.63) is 58.6 Å².